The highest BCUT2D eigenvalue weighted by Crippen LogP contribution is 2.32. The highest BCUT2D eigenvalue weighted by Gasteiger charge is 2.30. The smallest absolute Gasteiger partial charge is 0.0342 e. The van der Waals surface area contributed by atoms with Gasteiger partial charge >= 0.3 is 0 Å². The highest BCUT2D eigenvalue weighted by atomic mass is 15.0. The Bertz CT molecular complexity index is 192. The van der Waals surface area contributed by atoms with Crippen LogP contribution in [-0.2, 0) is 0 Å². The lowest BCUT2D eigenvalue weighted by Gasteiger charge is -2.33. The van der Waals surface area contributed by atoms with Gasteiger partial charge in [-0.2, -0.15) is 0 Å². The zero-order valence-corrected chi connectivity index (χ0v) is 9.54. The van der Waals surface area contributed by atoms with Gasteiger partial charge in [-0.1, -0.05) is 40.2 Å². The van der Waals surface area contributed by atoms with Crippen LogP contribution in [0.25, 0.3) is 0 Å². The number of hydrogen-bond acceptors (Lipinski definition) is 1. The van der Waals surface area contributed by atoms with E-state index in [9.17, 15) is 0 Å². The summed E-state index contributed by atoms with van der Waals surface area (Å²) in [5.74, 6) is 0. The molecule has 1 fully saturated rings. The molecule has 0 radical (unpaired) electrons. The topological polar surface area (TPSA) is 12.0 Å². The maximum Gasteiger partial charge on any atom is 0.0342 e. The van der Waals surface area contributed by atoms with E-state index in [1.54, 1.807) is 0 Å². The first-order valence-electron chi connectivity index (χ1n) is 5.31. The summed E-state index contributed by atoms with van der Waals surface area (Å²) in [6, 6.07) is 0. The molecule has 0 atom stereocenters. The number of hydrogen-bond donors (Lipinski definition) is 1. The van der Waals surface area contributed by atoms with Gasteiger partial charge in [0.15, 0.2) is 0 Å². The average molecular weight is 181 g/mol. The summed E-state index contributed by atoms with van der Waals surface area (Å²) in [6.45, 7) is 13.1. The molecule has 0 bridgehead atoms. The monoisotopic (exact) mass is 181 g/mol. The summed E-state index contributed by atoms with van der Waals surface area (Å²) in [6.07, 6.45) is 5.31. The second kappa shape index (κ2) is 3.36. The molecule has 1 aliphatic rings. The molecule has 1 nitrogen and oxygen atoms in total. The van der Waals surface area contributed by atoms with E-state index in [0.717, 1.165) is 0 Å². The average Bonchev–Trinajstić information content (AvgIpc) is 2.33. The summed E-state index contributed by atoms with van der Waals surface area (Å²) in [5, 5.41) is 3.60. The fourth-order valence-corrected chi connectivity index (χ4v) is 1.83. The number of allylic oxidation sites excluding steroid dienone is 1. The first kappa shape index (κ1) is 10.6. The van der Waals surface area contributed by atoms with Gasteiger partial charge in [0.25, 0.3) is 0 Å². The zero-order valence-electron chi connectivity index (χ0n) is 9.54. The quantitative estimate of drug-likeness (QED) is 0.688. The molecule has 76 valence electrons. The normalized spacial score (nSPS) is 21.5. The molecule has 1 aliphatic carbocycles. The van der Waals surface area contributed by atoms with Crippen molar-refractivity contribution in [1.82, 2.24) is 5.32 Å². The van der Waals surface area contributed by atoms with Crippen molar-refractivity contribution in [1.29, 1.82) is 0 Å². The molecule has 0 aliphatic heterocycles. The van der Waals surface area contributed by atoms with Crippen LogP contribution in [0.15, 0.2) is 12.3 Å². The van der Waals surface area contributed by atoms with Crippen molar-refractivity contribution in [3.8, 4) is 0 Å². The van der Waals surface area contributed by atoms with Gasteiger partial charge in [0, 0.05) is 16.7 Å². The van der Waals surface area contributed by atoms with Crippen molar-refractivity contribution in [3.63, 3.8) is 0 Å². The van der Waals surface area contributed by atoms with E-state index < -0.39 is 0 Å². The lowest BCUT2D eigenvalue weighted by Crippen LogP contribution is -2.41. The van der Waals surface area contributed by atoms with E-state index in [1.807, 2.05) is 0 Å². The van der Waals surface area contributed by atoms with Gasteiger partial charge in [-0.3, -0.25) is 0 Å². The predicted octanol–water partition coefficient (Wildman–Crippen LogP) is 3.47. The third kappa shape index (κ3) is 2.75. The van der Waals surface area contributed by atoms with Crippen molar-refractivity contribution in [2.24, 2.45) is 5.41 Å². The van der Waals surface area contributed by atoms with Crippen LogP contribution < -0.4 is 5.32 Å². The van der Waals surface area contributed by atoms with Gasteiger partial charge in [0.2, 0.25) is 0 Å². The maximum atomic E-state index is 4.12. The summed E-state index contributed by atoms with van der Waals surface area (Å²) >= 11 is 0. The Kier molecular flexibility index (Phi) is 2.74. The number of nitrogens with one attached hydrogen (secondary N) is 1. The molecule has 1 heteroatoms. The Morgan fingerprint density at radius 2 is 1.69 bits per heavy atom. The fraction of sp³-hybridized carbons (Fsp3) is 0.833. The molecule has 0 aromatic heterocycles. The Hall–Kier alpha value is -0.460. The zero-order chi connectivity index (χ0) is 10.1. The Morgan fingerprint density at radius 3 is 2.08 bits per heavy atom. The van der Waals surface area contributed by atoms with Crippen LogP contribution in [0.3, 0.4) is 0 Å². The molecule has 0 amide bonds. The van der Waals surface area contributed by atoms with Crippen LogP contribution in [0, 0.1) is 5.41 Å². The van der Waals surface area contributed by atoms with Crippen LogP contribution in [0.1, 0.15) is 53.4 Å². The first-order chi connectivity index (χ1) is 5.83. The van der Waals surface area contributed by atoms with Gasteiger partial charge in [-0.05, 0) is 19.8 Å². The van der Waals surface area contributed by atoms with Crippen LogP contribution in [0.2, 0.25) is 0 Å². The van der Waals surface area contributed by atoms with Gasteiger partial charge in [-0.25, -0.2) is 0 Å². The third-order valence-electron chi connectivity index (χ3n) is 3.07. The Labute approximate surface area is 82.6 Å². The van der Waals surface area contributed by atoms with Gasteiger partial charge in [0.1, 0.15) is 0 Å². The van der Waals surface area contributed by atoms with Crippen LogP contribution in [-0.4, -0.2) is 5.54 Å². The Morgan fingerprint density at radius 1 is 1.23 bits per heavy atom. The van der Waals surface area contributed by atoms with Gasteiger partial charge in [0.05, 0.1) is 0 Å². The molecule has 13 heavy (non-hydrogen) atoms. The fourth-order valence-electron chi connectivity index (χ4n) is 1.83. The molecule has 1 N–H and O–H groups in total. The second-order valence-corrected chi connectivity index (χ2v) is 5.62. The van der Waals surface area contributed by atoms with Crippen LogP contribution in [0.5, 0.6) is 0 Å². The van der Waals surface area contributed by atoms with Gasteiger partial charge < -0.3 is 5.32 Å². The first-order valence-corrected chi connectivity index (χ1v) is 5.31. The number of rotatable bonds is 2. The molecule has 0 spiro atoms. The second-order valence-electron chi connectivity index (χ2n) is 5.62. The van der Waals surface area contributed by atoms with Crippen LogP contribution >= 0.6 is 0 Å². The third-order valence-corrected chi connectivity index (χ3v) is 3.07. The van der Waals surface area contributed by atoms with Gasteiger partial charge in [-0.15, -0.1) is 0 Å². The molecule has 0 saturated heterocycles. The van der Waals surface area contributed by atoms with Crippen molar-refractivity contribution >= 4 is 0 Å². The Balaban J connectivity index is 2.53. The van der Waals surface area contributed by atoms with E-state index in [4.69, 9.17) is 0 Å². The van der Waals surface area contributed by atoms with E-state index in [2.05, 4.69) is 39.6 Å². The SMILES string of the molecule is C=C(NC1(C)CCCC1)C(C)(C)C. The predicted molar refractivity (Wildman–Crippen MR) is 58.6 cm³/mol. The largest absolute Gasteiger partial charge is 0.383 e. The summed E-state index contributed by atoms with van der Waals surface area (Å²) < 4.78 is 0. The molecule has 1 rings (SSSR count). The van der Waals surface area contributed by atoms with Crippen molar-refractivity contribution in [3.05, 3.63) is 12.3 Å². The lowest BCUT2D eigenvalue weighted by atomic mass is 9.90. The van der Waals surface area contributed by atoms with Crippen LogP contribution in [0.4, 0.5) is 0 Å². The standard InChI is InChI=1S/C12H23N/c1-10(11(2,3)4)13-12(5)8-6-7-9-12/h13H,1,6-9H2,2-5H3. The van der Waals surface area contributed by atoms with E-state index in [0.29, 0.717) is 5.54 Å². The minimum Gasteiger partial charge on any atom is -0.383 e. The minimum atomic E-state index is 0.186. The van der Waals surface area contributed by atoms with Crippen molar-refractivity contribution < 1.29 is 0 Å². The van der Waals surface area contributed by atoms with E-state index in [-0.39, 0.29) is 5.41 Å². The molecular weight excluding hydrogens is 158 g/mol. The molecular formula is C12H23N. The summed E-state index contributed by atoms with van der Waals surface area (Å²) in [4.78, 5) is 0. The van der Waals surface area contributed by atoms with E-state index in [1.165, 1.54) is 31.4 Å². The minimum absolute atomic E-state index is 0.186. The highest BCUT2D eigenvalue weighted by molar-refractivity contribution is 5.08. The van der Waals surface area contributed by atoms with E-state index >= 15 is 0 Å². The lowest BCUT2D eigenvalue weighted by molar-refractivity contribution is 0.346. The summed E-state index contributed by atoms with van der Waals surface area (Å²) in [5.41, 5.74) is 1.69. The molecule has 0 unspecified atom stereocenters. The maximum absolute atomic E-state index is 4.12. The molecule has 0 heterocycles. The molecule has 0 aromatic carbocycles. The molecule has 1 saturated carbocycles. The molecule has 0 aromatic rings. The summed E-state index contributed by atoms with van der Waals surface area (Å²) in [7, 11) is 0. The van der Waals surface area contributed by atoms with Crippen molar-refractivity contribution in [2.45, 2.75) is 58.9 Å². The van der Waals surface area contributed by atoms with Crippen molar-refractivity contribution in [2.75, 3.05) is 0 Å².